The molecule has 1 fully saturated rings. The Kier molecular flexibility index (Phi) is 3.35. The van der Waals surface area contributed by atoms with Crippen LogP contribution >= 0.6 is 0 Å². The molecule has 5 nitrogen and oxygen atoms in total. The molecule has 0 aliphatic heterocycles. The zero-order chi connectivity index (χ0) is 13.4. The van der Waals surface area contributed by atoms with Crippen LogP contribution in [0.1, 0.15) is 24.8 Å². The van der Waals surface area contributed by atoms with Crippen LogP contribution in [0, 0.1) is 6.92 Å². The minimum atomic E-state index is -3.61. The SMILES string of the molecule is Cc1ccc(N)cc1S(=O)(=O)NCC1(O)CCC1. The van der Waals surface area contributed by atoms with Crippen molar-refractivity contribution in [3.8, 4) is 0 Å². The highest BCUT2D eigenvalue weighted by Crippen LogP contribution is 2.31. The Balaban J connectivity index is 2.17. The Morgan fingerprint density at radius 1 is 1.44 bits per heavy atom. The highest BCUT2D eigenvalue weighted by molar-refractivity contribution is 7.89. The number of benzene rings is 1. The van der Waals surface area contributed by atoms with E-state index in [-0.39, 0.29) is 11.4 Å². The lowest BCUT2D eigenvalue weighted by molar-refractivity contribution is -0.0270. The summed E-state index contributed by atoms with van der Waals surface area (Å²) in [7, 11) is -3.61. The van der Waals surface area contributed by atoms with Crippen LogP contribution in [-0.4, -0.2) is 25.7 Å². The smallest absolute Gasteiger partial charge is 0.241 e. The molecule has 1 saturated carbocycles. The van der Waals surface area contributed by atoms with E-state index in [0.29, 0.717) is 24.1 Å². The lowest BCUT2D eigenvalue weighted by Gasteiger charge is -2.36. The number of hydrogen-bond acceptors (Lipinski definition) is 4. The molecule has 0 bridgehead atoms. The van der Waals surface area contributed by atoms with Crippen molar-refractivity contribution in [1.29, 1.82) is 0 Å². The summed E-state index contributed by atoms with van der Waals surface area (Å²) in [5.41, 5.74) is 5.77. The Hall–Kier alpha value is -1.11. The fourth-order valence-corrected chi connectivity index (χ4v) is 3.37. The molecule has 0 atom stereocenters. The molecule has 100 valence electrons. The predicted octanol–water partition coefficient (Wildman–Crippen LogP) is 0.771. The first-order chi connectivity index (χ1) is 8.32. The van der Waals surface area contributed by atoms with Crippen molar-refractivity contribution < 1.29 is 13.5 Å². The van der Waals surface area contributed by atoms with Gasteiger partial charge in [-0.1, -0.05) is 6.07 Å². The Labute approximate surface area is 107 Å². The third kappa shape index (κ3) is 2.66. The van der Waals surface area contributed by atoms with Gasteiger partial charge in [0.2, 0.25) is 10.0 Å². The summed E-state index contributed by atoms with van der Waals surface area (Å²) in [5, 5.41) is 9.89. The summed E-state index contributed by atoms with van der Waals surface area (Å²) in [6, 6.07) is 4.76. The number of hydrogen-bond donors (Lipinski definition) is 3. The van der Waals surface area contributed by atoms with Gasteiger partial charge in [0.05, 0.1) is 10.5 Å². The summed E-state index contributed by atoms with van der Waals surface area (Å²) >= 11 is 0. The van der Waals surface area contributed by atoms with Crippen LogP contribution < -0.4 is 10.5 Å². The molecule has 0 unspecified atom stereocenters. The second-order valence-electron chi connectivity index (χ2n) is 4.93. The molecule has 0 heterocycles. The molecule has 0 amide bonds. The fourth-order valence-electron chi connectivity index (χ4n) is 1.97. The molecule has 0 aromatic heterocycles. The van der Waals surface area contributed by atoms with Gasteiger partial charge in [-0.05, 0) is 43.9 Å². The van der Waals surface area contributed by atoms with Crippen LogP contribution in [-0.2, 0) is 10.0 Å². The van der Waals surface area contributed by atoms with E-state index in [9.17, 15) is 13.5 Å². The summed E-state index contributed by atoms with van der Waals surface area (Å²) in [6.45, 7) is 1.77. The van der Waals surface area contributed by atoms with Crippen LogP contribution in [0.15, 0.2) is 23.1 Å². The van der Waals surface area contributed by atoms with E-state index in [0.717, 1.165) is 6.42 Å². The molecule has 6 heteroatoms. The van der Waals surface area contributed by atoms with Crippen LogP contribution in [0.2, 0.25) is 0 Å². The molecule has 2 rings (SSSR count). The van der Waals surface area contributed by atoms with Crippen molar-refractivity contribution in [2.75, 3.05) is 12.3 Å². The maximum Gasteiger partial charge on any atom is 0.241 e. The van der Waals surface area contributed by atoms with Crippen molar-refractivity contribution >= 4 is 15.7 Å². The number of rotatable bonds is 4. The van der Waals surface area contributed by atoms with Crippen LogP contribution in [0.4, 0.5) is 5.69 Å². The molecule has 1 aliphatic rings. The first kappa shape index (κ1) is 13.3. The van der Waals surface area contributed by atoms with Gasteiger partial charge in [-0.3, -0.25) is 0 Å². The van der Waals surface area contributed by atoms with E-state index in [1.165, 1.54) is 6.07 Å². The van der Waals surface area contributed by atoms with E-state index in [2.05, 4.69) is 4.72 Å². The lowest BCUT2D eigenvalue weighted by atomic mass is 9.81. The molecule has 4 N–H and O–H groups in total. The van der Waals surface area contributed by atoms with Crippen LogP contribution in [0.5, 0.6) is 0 Å². The molecule has 18 heavy (non-hydrogen) atoms. The monoisotopic (exact) mass is 270 g/mol. The van der Waals surface area contributed by atoms with E-state index >= 15 is 0 Å². The largest absolute Gasteiger partial charge is 0.399 e. The van der Waals surface area contributed by atoms with Crippen molar-refractivity contribution in [2.24, 2.45) is 0 Å². The van der Waals surface area contributed by atoms with E-state index in [1.54, 1.807) is 19.1 Å². The number of nitrogen functional groups attached to an aromatic ring is 1. The van der Waals surface area contributed by atoms with Crippen molar-refractivity contribution in [3.63, 3.8) is 0 Å². The summed E-state index contributed by atoms with van der Waals surface area (Å²) < 4.78 is 26.7. The normalized spacial score (nSPS) is 18.3. The first-order valence-corrected chi connectivity index (χ1v) is 7.39. The van der Waals surface area contributed by atoms with Gasteiger partial charge in [0.15, 0.2) is 0 Å². The van der Waals surface area contributed by atoms with Crippen LogP contribution in [0.25, 0.3) is 0 Å². The van der Waals surface area contributed by atoms with Crippen molar-refractivity contribution in [2.45, 2.75) is 36.7 Å². The van der Waals surface area contributed by atoms with E-state index in [1.807, 2.05) is 0 Å². The molecule has 0 spiro atoms. The molecule has 0 radical (unpaired) electrons. The number of sulfonamides is 1. The Morgan fingerprint density at radius 3 is 2.67 bits per heavy atom. The van der Waals surface area contributed by atoms with Crippen LogP contribution in [0.3, 0.4) is 0 Å². The standard InChI is InChI=1S/C12H18N2O3S/c1-9-3-4-10(13)7-11(9)18(16,17)14-8-12(15)5-2-6-12/h3-4,7,14-15H,2,5-6,8,13H2,1H3. The minimum Gasteiger partial charge on any atom is -0.399 e. The first-order valence-electron chi connectivity index (χ1n) is 5.91. The third-order valence-corrected chi connectivity index (χ3v) is 4.92. The van der Waals surface area contributed by atoms with E-state index in [4.69, 9.17) is 5.73 Å². The van der Waals surface area contributed by atoms with Gasteiger partial charge >= 0.3 is 0 Å². The van der Waals surface area contributed by atoms with Gasteiger partial charge < -0.3 is 10.8 Å². The van der Waals surface area contributed by atoms with Gasteiger partial charge in [-0.15, -0.1) is 0 Å². The highest BCUT2D eigenvalue weighted by atomic mass is 32.2. The van der Waals surface area contributed by atoms with Gasteiger partial charge in [-0.2, -0.15) is 0 Å². The number of nitrogens with one attached hydrogen (secondary N) is 1. The molecular formula is C12H18N2O3S. The highest BCUT2D eigenvalue weighted by Gasteiger charge is 2.35. The van der Waals surface area contributed by atoms with Crippen molar-refractivity contribution in [1.82, 2.24) is 4.72 Å². The molecule has 1 aliphatic carbocycles. The van der Waals surface area contributed by atoms with Gasteiger partial charge in [-0.25, -0.2) is 13.1 Å². The Morgan fingerprint density at radius 2 is 2.11 bits per heavy atom. The lowest BCUT2D eigenvalue weighted by Crippen LogP contribution is -2.47. The molecule has 1 aromatic carbocycles. The summed E-state index contributed by atoms with van der Waals surface area (Å²) in [4.78, 5) is 0.172. The topological polar surface area (TPSA) is 92.4 Å². The number of aliphatic hydroxyl groups is 1. The number of nitrogens with two attached hydrogens (primary N) is 1. The van der Waals surface area contributed by atoms with Gasteiger partial charge in [0.1, 0.15) is 0 Å². The second kappa shape index (κ2) is 4.53. The zero-order valence-electron chi connectivity index (χ0n) is 10.3. The molecule has 1 aromatic rings. The average Bonchev–Trinajstić information content (AvgIpc) is 2.27. The quantitative estimate of drug-likeness (QED) is 0.705. The maximum absolute atomic E-state index is 12.1. The predicted molar refractivity (Wildman–Crippen MR) is 69.6 cm³/mol. The molecular weight excluding hydrogens is 252 g/mol. The summed E-state index contributed by atoms with van der Waals surface area (Å²) in [6.07, 6.45) is 2.23. The summed E-state index contributed by atoms with van der Waals surface area (Å²) in [5.74, 6) is 0. The average molecular weight is 270 g/mol. The number of anilines is 1. The fraction of sp³-hybridized carbons (Fsp3) is 0.500. The third-order valence-electron chi connectivity index (χ3n) is 3.38. The van der Waals surface area contributed by atoms with Gasteiger partial charge in [0.25, 0.3) is 0 Å². The zero-order valence-corrected chi connectivity index (χ0v) is 11.1. The minimum absolute atomic E-state index is 0.0591. The molecule has 0 saturated heterocycles. The maximum atomic E-state index is 12.1. The van der Waals surface area contributed by atoms with E-state index < -0.39 is 15.6 Å². The van der Waals surface area contributed by atoms with Crippen molar-refractivity contribution in [3.05, 3.63) is 23.8 Å². The number of aryl methyl sites for hydroxylation is 1. The van der Waals surface area contributed by atoms with Gasteiger partial charge in [0, 0.05) is 12.2 Å². The Bertz CT molecular complexity index is 550. The second-order valence-corrected chi connectivity index (χ2v) is 6.66.